The average Bonchev–Trinajstić information content (AvgIpc) is 3.50. The van der Waals surface area contributed by atoms with Crippen LogP contribution in [0.2, 0.25) is 0 Å². The summed E-state index contributed by atoms with van der Waals surface area (Å²) in [7, 11) is 1.55. The van der Waals surface area contributed by atoms with Gasteiger partial charge in [-0.05, 0) is 111 Å². The summed E-state index contributed by atoms with van der Waals surface area (Å²) in [6, 6.07) is 4.17. The lowest BCUT2D eigenvalue weighted by Gasteiger charge is -2.36. The highest BCUT2D eigenvalue weighted by atomic mass is 19.4. The zero-order valence-electron chi connectivity index (χ0n) is 28.0. The minimum atomic E-state index is -5.04. The van der Waals surface area contributed by atoms with E-state index in [1.54, 1.807) is 39.7 Å². The molecule has 7 nitrogen and oxygen atoms in total. The maximum absolute atomic E-state index is 13.6. The van der Waals surface area contributed by atoms with Gasteiger partial charge in [-0.1, -0.05) is 13.8 Å². The summed E-state index contributed by atoms with van der Waals surface area (Å²) in [5.74, 6) is 0.588. The summed E-state index contributed by atoms with van der Waals surface area (Å²) < 4.78 is 98.6. The number of benzene rings is 2. The molecule has 13 heteroatoms. The number of amides is 2. The van der Waals surface area contributed by atoms with Crippen LogP contribution in [-0.4, -0.2) is 48.9 Å². The molecule has 2 aromatic rings. The van der Waals surface area contributed by atoms with E-state index >= 15 is 0 Å². The van der Waals surface area contributed by atoms with Crippen LogP contribution < -0.4 is 9.64 Å². The second-order valence-corrected chi connectivity index (χ2v) is 14.5. The molecule has 2 heterocycles. The van der Waals surface area contributed by atoms with E-state index in [4.69, 9.17) is 14.2 Å². The molecule has 2 atom stereocenters. The molecule has 262 valence electrons. The predicted molar refractivity (Wildman–Crippen MR) is 167 cm³/mol. The van der Waals surface area contributed by atoms with E-state index in [0.717, 1.165) is 28.7 Å². The molecule has 1 fully saturated rings. The van der Waals surface area contributed by atoms with Gasteiger partial charge < -0.3 is 14.2 Å². The number of allylic oxidation sites excluding steroid dienone is 1. The SMILES string of the molecule is COc1cc2c(cc1C1=C(CN3C(=O)OC(c4cc(C(F)(F)F)cc(C(F)(F)F)c4)[C@@H]3C)CC(C)(C)CC1)N(C(=O)OC(C)(C)C)CC2. The van der Waals surface area contributed by atoms with Crippen molar-refractivity contribution < 1.29 is 50.1 Å². The fourth-order valence-electron chi connectivity index (χ4n) is 6.72. The number of hydrogen-bond donors (Lipinski definition) is 0. The Balaban J connectivity index is 1.53. The van der Waals surface area contributed by atoms with Crippen LogP contribution in [0.5, 0.6) is 5.75 Å². The molecule has 1 aliphatic carbocycles. The van der Waals surface area contributed by atoms with Crippen molar-refractivity contribution >= 4 is 23.4 Å². The molecule has 0 radical (unpaired) electrons. The number of alkyl halides is 6. The van der Waals surface area contributed by atoms with Crippen LogP contribution in [0.15, 0.2) is 35.9 Å². The Morgan fingerprint density at radius 2 is 1.60 bits per heavy atom. The van der Waals surface area contributed by atoms with Gasteiger partial charge >= 0.3 is 24.5 Å². The molecule has 1 saturated heterocycles. The number of anilines is 1. The first-order valence-corrected chi connectivity index (χ1v) is 15.8. The number of fused-ring (bicyclic) bond motifs is 1. The molecule has 0 bridgehead atoms. The van der Waals surface area contributed by atoms with Crippen molar-refractivity contribution in [1.29, 1.82) is 0 Å². The summed E-state index contributed by atoms with van der Waals surface area (Å²) in [5.41, 5.74) is -0.101. The highest BCUT2D eigenvalue weighted by Gasteiger charge is 2.44. The zero-order chi connectivity index (χ0) is 35.6. The van der Waals surface area contributed by atoms with Crippen LogP contribution in [0.4, 0.5) is 41.6 Å². The average molecular weight is 683 g/mol. The third-order valence-corrected chi connectivity index (χ3v) is 9.10. The van der Waals surface area contributed by atoms with Crippen molar-refractivity contribution in [3.63, 3.8) is 0 Å². The molecule has 2 aromatic carbocycles. The highest BCUT2D eigenvalue weighted by molar-refractivity contribution is 5.92. The highest BCUT2D eigenvalue weighted by Crippen LogP contribution is 2.48. The smallest absolute Gasteiger partial charge is 0.416 e. The standard InChI is InChI=1S/C35H40F6N2O5/c1-19-29(21-12-23(34(36,37)38)15-24(13-21)35(39,40)41)47-30(44)43(19)18-22-17-33(5,6)10-8-25(22)26-16-27-20(14-28(26)46-7)9-11-42(27)31(45)48-32(2,3)4/h12-16,19,29H,8-11,17-18H2,1-7H3/t19-,29?/m0/s1. The first-order chi connectivity index (χ1) is 22.1. The summed E-state index contributed by atoms with van der Waals surface area (Å²) in [5, 5.41) is 0. The van der Waals surface area contributed by atoms with Crippen molar-refractivity contribution in [2.75, 3.05) is 25.1 Å². The lowest BCUT2D eigenvalue weighted by atomic mass is 9.72. The van der Waals surface area contributed by atoms with Crippen molar-refractivity contribution in [2.24, 2.45) is 5.41 Å². The number of carbonyl (C=O) groups excluding carboxylic acids is 2. The summed E-state index contributed by atoms with van der Waals surface area (Å²) in [6.45, 7) is 11.6. The Morgan fingerprint density at radius 3 is 2.17 bits per heavy atom. The van der Waals surface area contributed by atoms with Crippen LogP contribution in [-0.2, 0) is 28.2 Å². The number of cyclic esters (lactones) is 1. The quantitative estimate of drug-likeness (QED) is 0.294. The van der Waals surface area contributed by atoms with Gasteiger partial charge in [-0.25, -0.2) is 9.59 Å². The van der Waals surface area contributed by atoms with Crippen molar-refractivity contribution in [3.8, 4) is 5.75 Å². The number of methoxy groups -OCH3 is 1. The number of carbonyl (C=O) groups is 2. The predicted octanol–water partition coefficient (Wildman–Crippen LogP) is 9.58. The van der Waals surface area contributed by atoms with Gasteiger partial charge in [-0.2, -0.15) is 26.3 Å². The van der Waals surface area contributed by atoms with E-state index in [1.807, 2.05) is 12.1 Å². The Bertz CT molecular complexity index is 1610. The molecule has 5 rings (SSSR count). The fourth-order valence-corrected chi connectivity index (χ4v) is 6.72. The minimum absolute atomic E-state index is 0.0381. The first-order valence-electron chi connectivity index (χ1n) is 15.8. The number of ether oxygens (including phenoxy) is 3. The summed E-state index contributed by atoms with van der Waals surface area (Å²) >= 11 is 0. The molecule has 0 spiro atoms. The van der Waals surface area contributed by atoms with E-state index in [-0.39, 0.29) is 23.6 Å². The molecule has 48 heavy (non-hydrogen) atoms. The molecule has 0 N–H and O–H groups in total. The van der Waals surface area contributed by atoms with E-state index in [9.17, 15) is 35.9 Å². The van der Waals surface area contributed by atoms with Gasteiger partial charge in [0.2, 0.25) is 0 Å². The largest absolute Gasteiger partial charge is 0.496 e. The Hall–Kier alpha value is -3.90. The molecule has 2 aliphatic heterocycles. The third kappa shape index (κ3) is 7.24. The van der Waals surface area contributed by atoms with Crippen LogP contribution in [0.1, 0.15) is 94.7 Å². The number of rotatable bonds is 5. The lowest BCUT2D eigenvalue weighted by molar-refractivity contribution is -0.143. The van der Waals surface area contributed by atoms with Gasteiger partial charge in [0.15, 0.2) is 0 Å². The molecular formula is C35H40F6N2O5. The van der Waals surface area contributed by atoms with Gasteiger partial charge in [-0.15, -0.1) is 0 Å². The summed E-state index contributed by atoms with van der Waals surface area (Å²) in [4.78, 5) is 29.3. The second-order valence-electron chi connectivity index (χ2n) is 14.5. The Kier molecular flexibility index (Phi) is 9.01. The molecular weight excluding hydrogens is 642 g/mol. The van der Waals surface area contributed by atoms with Gasteiger partial charge in [0.1, 0.15) is 17.5 Å². The van der Waals surface area contributed by atoms with E-state index in [1.165, 1.54) is 4.90 Å². The van der Waals surface area contributed by atoms with E-state index < -0.39 is 53.4 Å². The maximum atomic E-state index is 13.6. The molecule has 2 amide bonds. The minimum Gasteiger partial charge on any atom is -0.496 e. The van der Waals surface area contributed by atoms with Crippen molar-refractivity contribution in [3.05, 3.63) is 63.7 Å². The van der Waals surface area contributed by atoms with Crippen molar-refractivity contribution in [1.82, 2.24) is 4.90 Å². The lowest BCUT2D eigenvalue weighted by Crippen LogP contribution is -2.36. The molecule has 0 aromatic heterocycles. The van der Waals surface area contributed by atoms with Crippen LogP contribution >= 0.6 is 0 Å². The van der Waals surface area contributed by atoms with Crippen LogP contribution in [0.3, 0.4) is 0 Å². The molecule has 1 unspecified atom stereocenters. The molecule has 3 aliphatic rings. The van der Waals surface area contributed by atoms with Crippen molar-refractivity contribution in [2.45, 2.75) is 97.3 Å². The van der Waals surface area contributed by atoms with E-state index in [2.05, 4.69) is 13.8 Å². The van der Waals surface area contributed by atoms with Crippen LogP contribution in [0.25, 0.3) is 5.57 Å². The number of hydrogen-bond acceptors (Lipinski definition) is 5. The first kappa shape index (κ1) is 35.4. The second kappa shape index (κ2) is 12.2. The van der Waals surface area contributed by atoms with Gasteiger partial charge in [0.25, 0.3) is 0 Å². The van der Waals surface area contributed by atoms with Gasteiger partial charge in [-0.3, -0.25) is 9.80 Å². The van der Waals surface area contributed by atoms with E-state index in [0.29, 0.717) is 49.4 Å². The Morgan fingerprint density at radius 1 is 0.979 bits per heavy atom. The number of nitrogens with zero attached hydrogens (tertiary/aromatic N) is 2. The van der Waals surface area contributed by atoms with Gasteiger partial charge in [0.05, 0.1) is 30.0 Å². The third-order valence-electron chi connectivity index (χ3n) is 9.10. The molecule has 0 saturated carbocycles. The summed E-state index contributed by atoms with van der Waals surface area (Å²) in [6.07, 6.45) is -10.2. The van der Waals surface area contributed by atoms with Gasteiger partial charge in [0, 0.05) is 18.7 Å². The number of halogens is 6. The zero-order valence-corrected chi connectivity index (χ0v) is 28.0. The fraction of sp³-hybridized carbons (Fsp3) is 0.543. The van der Waals surface area contributed by atoms with Crippen LogP contribution in [0, 0.1) is 5.41 Å². The normalized spacial score (nSPS) is 21.4. The maximum Gasteiger partial charge on any atom is 0.416 e. The topological polar surface area (TPSA) is 68.3 Å². The monoisotopic (exact) mass is 682 g/mol. The Labute approximate surface area is 275 Å².